The van der Waals surface area contributed by atoms with E-state index in [1.54, 1.807) is 46.5 Å². The van der Waals surface area contributed by atoms with Crippen LogP contribution in [0.1, 0.15) is 38.8 Å². The van der Waals surface area contributed by atoms with Gasteiger partial charge in [-0.2, -0.15) is 0 Å². The molecular weight excluding hydrogens is 472 g/mol. The largest absolute Gasteiger partial charge is 0.495 e. The van der Waals surface area contributed by atoms with E-state index in [2.05, 4.69) is 9.97 Å². The fraction of sp³-hybridized carbons (Fsp3) is 0.310. The molecule has 0 amide bonds. The Morgan fingerprint density at radius 2 is 1.14 bits per heavy atom. The van der Waals surface area contributed by atoms with Gasteiger partial charge in [-0.25, -0.2) is 0 Å². The predicted molar refractivity (Wildman–Crippen MR) is 142 cm³/mol. The Morgan fingerprint density at radius 1 is 0.703 bits per heavy atom. The molecule has 2 aromatic heterocycles. The van der Waals surface area contributed by atoms with Crippen molar-refractivity contribution in [1.29, 1.82) is 0 Å². The van der Waals surface area contributed by atoms with Crippen LogP contribution in [0.4, 0.5) is 0 Å². The zero-order chi connectivity index (χ0) is 27.4. The normalized spacial score (nSPS) is 11.4. The van der Waals surface area contributed by atoms with Crippen LogP contribution in [0.2, 0.25) is 0 Å². The number of esters is 1. The van der Waals surface area contributed by atoms with Crippen LogP contribution in [0.15, 0.2) is 60.9 Å². The van der Waals surface area contributed by atoms with E-state index in [1.165, 1.54) is 7.11 Å². The van der Waals surface area contributed by atoms with E-state index in [0.29, 0.717) is 11.5 Å². The summed E-state index contributed by atoms with van der Waals surface area (Å²) in [6, 6.07) is 15.0. The SMILES string of the molecule is COC(=O)C(C)(C)c1ccc2ncc(OC)cc2c1.COc1cnc2ccc(C(C)(C)C(=O)O)cc2c1. The molecule has 0 fully saturated rings. The van der Waals surface area contributed by atoms with E-state index in [4.69, 9.17) is 14.2 Å². The minimum atomic E-state index is -0.919. The number of aliphatic carboxylic acids is 1. The molecule has 4 rings (SSSR count). The van der Waals surface area contributed by atoms with Gasteiger partial charge in [0.25, 0.3) is 0 Å². The quantitative estimate of drug-likeness (QED) is 0.353. The fourth-order valence-electron chi connectivity index (χ4n) is 3.72. The second-order valence-electron chi connectivity index (χ2n) is 9.61. The zero-order valence-corrected chi connectivity index (χ0v) is 22.2. The Morgan fingerprint density at radius 3 is 1.51 bits per heavy atom. The summed E-state index contributed by atoms with van der Waals surface area (Å²) in [4.78, 5) is 31.6. The van der Waals surface area contributed by atoms with Gasteiger partial charge in [0.05, 0.1) is 55.6 Å². The van der Waals surface area contributed by atoms with Crippen LogP contribution in [0.3, 0.4) is 0 Å². The number of carboxylic acids is 1. The summed E-state index contributed by atoms with van der Waals surface area (Å²) >= 11 is 0. The third kappa shape index (κ3) is 5.80. The highest BCUT2D eigenvalue weighted by Gasteiger charge is 2.31. The summed E-state index contributed by atoms with van der Waals surface area (Å²) in [7, 11) is 4.58. The summed E-state index contributed by atoms with van der Waals surface area (Å²) in [6.07, 6.45) is 3.32. The molecule has 37 heavy (non-hydrogen) atoms. The molecule has 0 radical (unpaired) electrons. The van der Waals surface area contributed by atoms with Gasteiger partial charge in [-0.15, -0.1) is 0 Å². The first-order valence-corrected chi connectivity index (χ1v) is 11.6. The number of pyridine rings is 2. The minimum absolute atomic E-state index is 0.261. The van der Waals surface area contributed by atoms with Crippen molar-refractivity contribution in [1.82, 2.24) is 9.97 Å². The predicted octanol–water partition coefficient (Wildman–Crippen LogP) is 5.30. The van der Waals surface area contributed by atoms with Gasteiger partial charge in [-0.3, -0.25) is 19.6 Å². The Balaban J connectivity index is 0.000000206. The van der Waals surface area contributed by atoms with E-state index >= 15 is 0 Å². The number of aromatic nitrogens is 2. The second kappa shape index (κ2) is 10.8. The molecule has 2 aromatic carbocycles. The highest BCUT2D eigenvalue weighted by atomic mass is 16.5. The molecule has 0 bridgehead atoms. The Kier molecular flexibility index (Phi) is 8.01. The summed E-state index contributed by atoms with van der Waals surface area (Å²) in [6.45, 7) is 7.05. The molecule has 0 unspecified atom stereocenters. The summed E-state index contributed by atoms with van der Waals surface area (Å²) in [5.41, 5.74) is 1.72. The molecule has 8 heteroatoms. The van der Waals surface area contributed by atoms with Crippen molar-refractivity contribution in [2.45, 2.75) is 38.5 Å². The van der Waals surface area contributed by atoms with Crippen molar-refractivity contribution in [3.63, 3.8) is 0 Å². The van der Waals surface area contributed by atoms with E-state index in [1.807, 2.05) is 56.3 Å². The van der Waals surface area contributed by atoms with Gasteiger partial charge < -0.3 is 19.3 Å². The average molecular weight is 505 g/mol. The lowest BCUT2D eigenvalue weighted by Crippen LogP contribution is -2.30. The number of ether oxygens (including phenoxy) is 3. The van der Waals surface area contributed by atoms with Gasteiger partial charge in [-0.1, -0.05) is 12.1 Å². The van der Waals surface area contributed by atoms with Crippen molar-refractivity contribution in [2.24, 2.45) is 0 Å². The lowest BCUT2D eigenvalue weighted by atomic mass is 9.84. The van der Waals surface area contributed by atoms with Crippen molar-refractivity contribution < 1.29 is 28.9 Å². The van der Waals surface area contributed by atoms with Crippen LogP contribution in [-0.4, -0.2) is 48.3 Å². The molecule has 0 spiro atoms. The highest BCUT2D eigenvalue weighted by Crippen LogP contribution is 2.29. The molecule has 1 N–H and O–H groups in total. The number of rotatable bonds is 6. The Bertz CT molecular complexity index is 1450. The van der Waals surface area contributed by atoms with E-state index in [-0.39, 0.29) is 5.97 Å². The average Bonchev–Trinajstić information content (AvgIpc) is 2.91. The molecule has 0 aliphatic carbocycles. The first-order chi connectivity index (χ1) is 17.4. The Labute approximate surface area is 216 Å². The number of carboxylic acid groups (broad SMARTS) is 1. The zero-order valence-electron chi connectivity index (χ0n) is 22.2. The summed E-state index contributed by atoms with van der Waals surface area (Å²) in [5.74, 6) is 0.244. The smallest absolute Gasteiger partial charge is 0.315 e. The first-order valence-electron chi connectivity index (χ1n) is 11.6. The van der Waals surface area contributed by atoms with Gasteiger partial charge >= 0.3 is 11.9 Å². The maximum absolute atomic E-state index is 11.8. The number of carbonyl (C=O) groups is 2. The van der Waals surface area contributed by atoms with Crippen LogP contribution >= 0.6 is 0 Å². The lowest BCUT2D eigenvalue weighted by Gasteiger charge is -2.22. The van der Waals surface area contributed by atoms with Crippen LogP contribution in [-0.2, 0) is 25.2 Å². The van der Waals surface area contributed by atoms with Crippen molar-refractivity contribution in [2.75, 3.05) is 21.3 Å². The Hall–Kier alpha value is -4.20. The van der Waals surface area contributed by atoms with E-state index in [0.717, 1.165) is 32.9 Å². The van der Waals surface area contributed by atoms with Gasteiger partial charge in [0.15, 0.2) is 0 Å². The van der Waals surface area contributed by atoms with Gasteiger partial charge in [0.1, 0.15) is 11.5 Å². The number of methoxy groups -OCH3 is 3. The van der Waals surface area contributed by atoms with Crippen LogP contribution < -0.4 is 9.47 Å². The number of hydrogen-bond acceptors (Lipinski definition) is 7. The topological polar surface area (TPSA) is 108 Å². The van der Waals surface area contributed by atoms with Gasteiger partial charge in [0, 0.05) is 10.8 Å². The number of benzene rings is 2. The van der Waals surface area contributed by atoms with Crippen molar-refractivity contribution >= 4 is 33.7 Å². The number of carbonyl (C=O) groups excluding carboxylic acids is 1. The minimum Gasteiger partial charge on any atom is -0.495 e. The molecule has 8 nitrogen and oxygen atoms in total. The van der Waals surface area contributed by atoms with E-state index < -0.39 is 16.8 Å². The van der Waals surface area contributed by atoms with Gasteiger partial charge in [-0.05, 0) is 75.2 Å². The maximum atomic E-state index is 11.8. The first kappa shape index (κ1) is 27.4. The molecule has 0 aliphatic heterocycles. The molecule has 2 heterocycles. The number of fused-ring (bicyclic) bond motifs is 2. The highest BCUT2D eigenvalue weighted by molar-refractivity contribution is 5.87. The number of nitrogens with zero attached hydrogens (tertiary/aromatic N) is 2. The maximum Gasteiger partial charge on any atom is 0.315 e. The lowest BCUT2D eigenvalue weighted by molar-refractivity contribution is -0.146. The second-order valence-corrected chi connectivity index (χ2v) is 9.61. The standard InChI is InChI=1S/C15H17NO3.C14H15NO3/c1-15(2,14(17)19-4)11-5-6-13-10(7-11)8-12(18-3)9-16-13;1-14(2,13(16)17)10-4-5-12-9(6-10)7-11(18-3)8-15-12/h5-9H,1-4H3;4-8H,1-3H3,(H,16,17). The molecule has 0 saturated carbocycles. The van der Waals surface area contributed by atoms with Crippen molar-refractivity contribution in [3.8, 4) is 11.5 Å². The van der Waals surface area contributed by atoms with Gasteiger partial charge in [0.2, 0.25) is 0 Å². The number of hydrogen-bond donors (Lipinski definition) is 1. The molecule has 0 atom stereocenters. The third-order valence-electron chi connectivity index (χ3n) is 6.46. The molecule has 4 aromatic rings. The monoisotopic (exact) mass is 504 g/mol. The molecule has 0 saturated heterocycles. The third-order valence-corrected chi connectivity index (χ3v) is 6.46. The summed E-state index contributed by atoms with van der Waals surface area (Å²) < 4.78 is 15.1. The summed E-state index contributed by atoms with van der Waals surface area (Å²) in [5, 5.41) is 11.0. The fourth-order valence-corrected chi connectivity index (χ4v) is 3.72. The van der Waals surface area contributed by atoms with Crippen LogP contribution in [0.5, 0.6) is 11.5 Å². The van der Waals surface area contributed by atoms with Crippen LogP contribution in [0.25, 0.3) is 21.8 Å². The van der Waals surface area contributed by atoms with Crippen LogP contribution in [0, 0.1) is 0 Å². The molecule has 0 aliphatic rings. The molecular formula is C29H32N2O6. The van der Waals surface area contributed by atoms with E-state index in [9.17, 15) is 14.7 Å². The molecule has 194 valence electrons. The van der Waals surface area contributed by atoms with Crippen molar-refractivity contribution in [3.05, 3.63) is 72.1 Å².